The molecule has 0 aliphatic carbocycles. The summed E-state index contributed by atoms with van der Waals surface area (Å²) in [6.07, 6.45) is 102. The van der Waals surface area contributed by atoms with E-state index in [9.17, 15) is 19.8 Å². The van der Waals surface area contributed by atoms with Gasteiger partial charge in [-0.2, -0.15) is 0 Å². The van der Waals surface area contributed by atoms with Gasteiger partial charge >= 0.3 is 5.97 Å². The van der Waals surface area contributed by atoms with Crippen molar-refractivity contribution in [3.63, 3.8) is 0 Å². The molecule has 1 amide bonds. The SMILES string of the molecule is CCCCCCCCC/C=C\CCCCCCCCCC(=O)OCCCCCCCCCCCCCCCCCCCCCCCCCCCCCCCCCCCCCCCC(=O)NC(CO)C(O)CCCCCCCCCCCCCCCCCCCC. The van der Waals surface area contributed by atoms with Gasteiger partial charge in [0.2, 0.25) is 5.91 Å². The van der Waals surface area contributed by atoms with Gasteiger partial charge in [-0.3, -0.25) is 9.59 Å². The number of aliphatic hydroxyl groups is 2. The lowest BCUT2D eigenvalue weighted by Gasteiger charge is -2.22. The van der Waals surface area contributed by atoms with Crippen LogP contribution in [0.25, 0.3) is 0 Å². The highest BCUT2D eigenvalue weighted by molar-refractivity contribution is 5.76. The molecule has 0 spiro atoms. The Morgan fingerprint density at radius 1 is 0.300 bits per heavy atom. The Labute approximate surface area is 565 Å². The first-order chi connectivity index (χ1) is 44.5. The lowest BCUT2D eigenvalue weighted by atomic mass is 10.0. The molecule has 2 atom stereocenters. The fourth-order valence-electron chi connectivity index (χ4n) is 13.7. The van der Waals surface area contributed by atoms with Gasteiger partial charge in [0.15, 0.2) is 0 Å². The molecule has 0 saturated heterocycles. The molecule has 0 aromatic carbocycles. The van der Waals surface area contributed by atoms with Gasteiger partial charge < -0.3 is 20.3 Å². The average Bonchev–Trinajstić information content (AvgIpc) is 3.69. The minimum absolute atomic E-state index is 0.0218. The Morgan fingerprint density at radius 2 is 0.522 bits per heavy atom. The van der Waals surface area contributed by atoms with Crippen LogP contribution in [0.5, 0.6) is 0 Å². The number of ether oxygens (including phenoxy) is 1. The van der Waals surface area contributed by atoms with E-state index in [1.165, 1.54) is 417 Å². The van der Waals surface area contributed by atoms with Crippen LogP contribution in [0.3, 0.4) is 0 Å². The summed E-state index contributed by atoms with van der Waals surface area (Å²) in [5, 5.41) is 23.4. The number of unbranched alkanes of at least 4 members (excludes halogenated alkanes) is 67. The normalized spacial score (nSPS) is 12.4. The van der Waals surface area contributed by atoms with E-state index in [2.05, 4.69) is 31.3 Å². The molecule has 0 bridgehead atoms. The van der Waals surface area contributed by atoms with Crippen LogP contribution < -0.4 is 5.32 Å². The standard InChI is InChI=1S/C84H165NO5/c1-3-5-7-9-11-13-15-17-19-21-44-48-52-56-60-64-68-72-76-82(87)81(80-86)85-83(88)77-73-69-65-61-57-53-49-45-42-40-38-36-34-32-30-28-26-24-23-25-27-29-31-33-35-37-39-41-43-47-51-55-59-63-67-71-75-79-90-84(89)78-74-70-66-62-58-54-50-46-22-20-18-16-14-12-10-8-6-4-2/h20,22,81-82,86-87H,3-19,21,23-80H2,1-2H3,(H,85,88)/b22-20-. The average molecular weight is 1270 g/mol. The quantitative estimate of drug-likeness (QED) is 0.0320. The van der Waals surface area contributed by atoms with E-state index >= 15 is 0 Å². The Kier molecular flexibility index (Phi) is 78.8. The second kappa shape index (κ2) is 80.0. The second-order valence-electron chi connectivity index (χ2n) is 29.2. The maximum Gasteiger partial charge on any atom is 0.305 e. The number of allylic oxidation sites excluding steroid dienone is 2. The Morgan fingerprint density at radius 3 is 0.789 bits per heavy atom. The summed E-state index contributed by atoms with van der Waals surface area (Å²) in [5.41, 5.74) is 0. The highest BCUT2D eigenvalue weighted by Crippen LogP contribution is 2.21. The fraction of sp³-hybridized carbons (Fsp3) is 0.952. The molecule has 0 fully saturated rings. The molecule has 0 radical (unpaired) electrons. The van der Waals surface area contributed by atoms with Crippen molar-refractivity contribution >= 4 is 11.9 Å². The molecule has 0 aliphatic rings. The number of hydrogen-bond donors (Lipinski definition) is 3. The zero-order valence-electron chi connectivity index (χ0n) is 61.7. The predicted molar refractivity (Wildman–Crippen MR) is 398 cm³/mol. The number of nitrogens with one attached hydrogen (secondary N) is 1. The van der Waals surface area contributed by atoms with Crippen LogP contribution >= 0.6 is 0 Å². The molecule has 6 nitrogen and oxygen atoms in total. The van der Waals surface area contributed by atoms with Crippen LogP contribution in [-0.4, -0.2) is 47.4 Å². The first kappa shape index (κ1) is 88.6. The van der Waals surface area contributed by atoms with Crippen LogP contribution in [0.1, 0.15) is 489 Å². The molecule has 0 aromatic rings. The zero-order chi connectivity index (χ0) is 64.9. The summed E-state index contributed by atoms with van der Waals surface area (Å²) in [4.78, 5) is 24.7. The molecule has 0 aliphatic heterocycles. The van der Waals surface area contributed by atoms with E-state index in [4.69, 9.17) is 4.74 Å². The van der Waals surface area contributed by atoms with Gasteiger partial charge in [-0.1, -0.05) is 437 Å². The van der Waals surface area contributed by atoms with E-state index in [0.717, 1.165) is 38.5 Å². The molecule has 6 heteroatoms. The van der Waals surface area contributed by atoms with E-state index in [1.54, 1.807) is 0 Å². The predicted octanol–water partition coefficient (Wildman–Crippen LogP) is 27.8. The molecule has 0 aromatic heterocycles. The topological polar surface area (TPSA) is 95.9 Å². The maximum atomic E-state index is 12.6. The van der Waals surface area contributed by atoms with Crippen molar-refractivity contribution in [3.8, 4) is 0 Å². The molecule has 0 rings (SSSR count). The monoisotopic (exact) mass is 1270 g/mol. The van der Waals surface area contributed by atoms with Gasteiger partial charge in [0.1, 0.15) is 0 Å². The summed E-state index contributed by atoms with van der Waals surface area (Å²) in [6, 6.07) is -0.537. The zero-order valence-corrected chi connectivity index (χ0v) is 61.7. The van der Waals surface area contributed by atoms with Gasteiger partial charge in [0.05, 0.1) is 25.4 Å². The molecule has 0 heterocycles. The van der Waals surface area contributed by atoms with Crippen molar-refractivity contribution in [2.75, 3.05) is 13.2 Å². The van der Waals surface area contributed by atoms with Crippen molar-refractivity contribution < 1.29 is 24.5 Å². The number of carbonyl (C=O) groups is 2. The van der Waals surface area contributed by atoms with Crippen LogP contribution in [0, 0.1) is 0 Å². The molecule has 3 N–H and O–H groups in total. The largest absolute Gasteiger partial charge is 0.466 e. The van der Waals surface area contributed by atoms with E-state index in [0.29, 0.717) is 25.9 Å². The minimum atomic E-state index is -0.660. The smallest absolute Gasteiger partial charge is 0.305 e. The number of amides is 1. The van der Waals surface area contributed by atoms with Crippen LogP contribution in [0.2, 0.25) is 0 Å². The van der Waals surface area contributed by atoms with Gasteiger partial charge in [-0.15, -0.1) is 0 Å². The molecule has 2 unspecified atom stereocenters. The third-order valence-corrected chi connectivity index (χ3v) is 20.1. The van der Waals surface area contributed by atoms with Crippen LogP contribution in [0.4, 0.5) is 0 Å². The molecule has 90 heavy (non-hydrogen) atoms. The highest BCUT2D eigenvalue weighted by Gasteiger charge is 2.20. The number of rotatable bonds is 80. The first-order valence-electron chi connectivity index (χ1n) is 41.9. The Bertz CT molecular complexity index is 1370. The maximum absolute atomic E-state index is 12.6. The lowest BCUT2D eigenvalue weighted by Crippen LogP contribution is -2.45. The van der Waals surface area contributed by atoms with E-state index < -0.39 is 12.1 Å². The van der Waals surface area contributed by atoms with Crippen molar-refractivity contribution in [2.24, 2.45) is 0 Å². The molecule has 536 valence electrons. The Hall–Kier alpha value is -1.40. The number of carbonyl (C=O) groups excluding carboxylic acids is 2. The van der Waals surface area contributed by atoms with Crippen molar-refractivity contribution in [1.29, 1.82) is 0 Å². The van der Waals surface area contributed by atoms with Crippen molar-refractivity contribution in [2.45, 2.75) is 501 Å². The summed E-state index contributed by atoms with van der Waals surface area (Å²) in [6.45, 7) is 5.01. The highest BCUT2D eigenvalue weighted by atomic mass is 16.5. The number of aliphatic hydroxyl groups excluding tert-OH is 2. The van der Waals surface area contributed by atoms with Gasteiger partial charge in [-0.05, 0) is 51.4 Å². The third kappa shape index (κ3) is 75.6. The third-order valence-electron chi connectivity index (χ3n) is 20.1. The fourth-order valence-corrected chi connectivity index (χ4v) is 13.7. The first-order valence-corrected chi connectivity index (χ1v) is 41.9. The minimum Gasteiger partial charge on any atom is -0.466 e. The van der Waals surface area contributed by atoms with E-state index in [-0.39, 0.29) is 18.5 Å². The van der Waals surface area contributed by atoms with Gasteiger partial charge in [-0.25, -0.2) is 0 Å². The number of hydrogen-bond acceptors (Lipinski definition) is 5. The second-order valence-corrected chi connectivity index (χ2v) is 29.2. The summed E-state index contributed by atoms with van der Waals surface area (Å²) >= 11 is 0. The van der Waals surface area contributed by atoms with Crippen LogP contribution in [0.15, 0.2) is 12.2 Å². The van der Waals surface area contributed by atoms with Crippen LogP contribution in [-0.2, 0) is 14.3 Å². The van der Waals surface area contributed by atoms with Crippen molar-refractivity contribution in [3.05, 3.63) is 12.2 Å². The van der Waals surface area contributed by atoms with Gasteiger partial charge in [0, 0.05) is 12.8 Å². The lowest BCUT2D eigenvalue weighted by molar-refractivity contribution is -0.143. The molecular weight excluding hydrogens is 1100 g/mol. The summed E-state index contributed by atoms with van der Waals surface area (Å²) in [5.74, 6) is -0.00221. The number of esters is 1. The van der Waals surface area contributed by atoms with Gasteiger partial charge in [0.25, 0.3) is 0 Å². The summed E-state index contributed by atoms with van der Waals surface area (Å²) < 4.78 is 5.52. The van der Waals surface area contributed by atoms with E-state index in [1.807, 2.05) is 0 Å². The Balaban J connectivity index is 3.29. The molecule has 0 saturated carbocycles. The summed E-state index contributed by atoms with van der Waals surface area (Å²) in [7, 11) is 0. The van der Waals surface area contributed by atoms with Crippen molar-refractivity contribution in [1.82, 2.24) is 5.32 Å². The molecular formula is C84H165NO5.